The van der Waals surface area contributed by atoms with Crippen molar-refractivity contribution < 1.29 is 39.9 Å². The van der Waals surface area contributed by atoms with E-state index in [1.807, 2.05) is 0 Å². The minimum Gasteiger partial charge on any atom is -0.319 e. The van der Waals surface area contributed by atoms with Crippen LogP contribution >= 0.6 is 0 Å². The Morgan fingerprint density at radius 2 is 1.73 bits per heavy atom. The van der Waals surface area contributed by atoms with E-state index in [4.69, 9.17) is 0 Å². The standard InChI is InChI=1S/C19H15F8N5O/c1-8(2)6-31-7-10(14(30-31)17(23)24)18(33)29-13-5-28-32(16(13)19(25,26)27)15-11(21)3-9(20)4-12(15)22/h3-5,7-8,17H,6H2,1-2H3,(H,29,33). The van der Waals surface area contributed by atoms with E-state index in [2.05, 4.69) is 10.2 Å². The predicted molar refractivity (Wildman–Crippen MR) is 98.4 cm³/mol. The van der Waals surface area contributed by atoms with E-state index in [-0.39, 0.29) is 29.3 Å². The molecule has 0 atom stereocenters. The zero-order valence-corrected chi connectivity index (χ0v) is 16.9. The normalized spacial score (nSPS) is 12.1. The summed E-state index contributed by atoms with van der Waals surface area (Å²) in [6.45, 7) is 3.66. The van der Waals surface area contributed by atoms with Gasteiger partial charge in [0.05, 0.1) is 17.4 Å². The van der Waals surface area contributed by atoms with Gasteiger partial charge in [0.1, 0.15) is 17.2 Å². The van der Waals surface area contributed by atoms with Gasteiger partial charge in [0.15, 0.2) is 17.3 Å². The molecule has 14 heteroatoms. The second-order valence-corrected chi connectivity index (χ2v) is 7.33. The molecule has 0 saturated carbocycles. The second kappa shape index (κ2) is 8.83. The van der Waals surface area contributed by atoms with Gasteiger partial charge in [-0.05, 0) is 5.92 Å². The van der Waals surface area contributed by atoms with E-state index in [0.717, 1.165) is 10.9 Å². The number of rotatable bonds is 6. The number of carbonyl (C=O) groups excluding carboxylic acids is 1. The minimum atomic E-state index is -5.31. The molecule has 0 spiro atoms. The number of amides is 1. The van der Waals surface area contributed by atoms with Crippen molar-refractivity contribution in [3.8, 4) is 5.69 Å². The molecule has 1 amide bonds. The van der Waals surface area contributed by atoms with Crippen LogP contribution in [-0.2, 0) is 12.7 Å². The maximum absolute atomic E-state index is 14.1. The summed E-state index contributed by atoms with van der Waals surface area (Å²) >= 11 is 0. The Morgan fingerprint density at radius 3 is 2.24 bits per heavy atom. The molecular formula is C19H15F8N5O. The van der Waals surface area contributed by atoms with E-state index in [1.54, 1.807) is 19.2 Å². The molecule has 0 bridgehead atoms. The first-order valence-electron chi connectivity index (χ1n) is 9.26. The maximum atomic E-state index is 14.1. The summed E-state index contributed by atoms with van der Waals surface area (Å²) in [6, 6.07) is 0.299. The molecule has 2 heterocycles. The molecule has 0 saturated heterocycles. The van der Waals surface area contributed by atoms with Gasteiger partial charge < -0.3 is 5.32 Å². The molecule has 0 aliphatic carbocycles. The summed E-state index contributed by atoms with van der Waals surface area (Å²) < 4.78 is 110. The molecule has 3 rings (SSSR count). The van der Waals surface area contributed by atoms with Gasteiger partial charge in [0.2, 0.25) is 0 Å². The lowest BCUT2D eigenvalue weighted by Crippen LogP contribution is -2.20. The Morgan fingerprint density at radius 1 is 1.12 bits per heavy atom. The summed E-state index contributed by atoms with van der Waals surface area (Å²) in [5.41, 5.74) is -5.86. The quantitative estimate of drug-likeness (QED) is 0.483. The number of alkyl halides is 5. The van der Waals surface area contributed by atoms with Gasteiger partial charge in [0, 0.05) is 24.9 Å². The zero-order chi connectivity index (χ0) is 24.7. The largest absolute Gasteiger partial charge is 0.435 e. The fraction of sp³-hybridized carbons (Fsp3) is 0.316. The highest BCUT2D eigenvalue weighted by molar-refractivity contribution is 6.05. The fourth-order valence-corrected chi connectivity index (χ4v) is 3.05. The molecule has 1 aromatic carbocycles. The highest BCUT2D eigenvalue weighted by Gasteiger charge is 2.41. The van der Waals surface area contributed by atoms with Crippen molar-refractivity contribution in [3.05, 3.63) is 58.9 Å². The smallest absolute Gasteiger partial charge is 0.319 e. The molecule has 0 radical (unpaired) electrons. The highest BCUT2D eigenvalue weighted by Crippen LogP contribution is 2.37. The summed E-state index contributed by atoms with van der Waals surface area (Å²) in [5.74, 6) is -6.16. The Balaban J connectivity index is 2.06. The zero-order valence-electron chi connectivity index (χ0n) is 16.9. The topological polar surface area (TPSA) is 64.7 Å². The van der Waals surface area contributed by atoms with Crippen LogP contribution in [0, 0.1) is 23.4 Å². The lowest BCUT2D eigenvalue weighted by molar-refractivity contribution is -0.142. The number of aromatic nitrogens is 4. The van der Waals surface area contributed by atoms with Crippen LogP contribution < -0.4 is 5.32 Å². The molecular weight excluding hydrogens is 466 g/mol. The van der Waals surface area contributed by atoms with E-state index < -0.39 is 64.3 Å². The molecule has 33 heavy (non-hydrogen) atoms. The van der Waals surface area contributed by atoms with Gasteiger partial charge in [-0.25, -0.2) is 26.6 Å². The molecule has 178 valence electrons. The van der Waals surface area contributed by atoms with Gasteiger partial charge in [-0.15, -0.1) is 0 Å². The van der Waals surface area contributed by atoms with Crippen molar-refractivity contribution in [1.29, 1.82) is 0 Å². The van der Waals surface area contributed by atoms with Gasteiger partial charge in [-0.3, -0.25) is 9.48 Å². The highest BCUT2D eigenvalue weighted by atomic mass is 19.4. The number of hydrogen-bond acceptors (Lipinski definition) is 3. The van der Waals surface area contributed by atoms with Crippen LogP contribution in [0.15, 0.2) is 24.5 Å². The van der Waals surface area contributed by atoms with E-state index in [9.17, 15) is 39.9 Å². The van der Waals surface area contributed by atoms with Crippen LogP contribution in [0.2, 0.25) is 0 Å². The van der Waals surface area contributed by atoms with Gasteiger partial charge in [0.25, 0.3) is 12.3 Å². The molecule has 6 nitrogen and oxygen atoms in total. The van der Waals surface area contributed by atoms with Crippen LogP contribution in [0.3, 0.4) is 0 Å². The molecule has 0 fully saturated rings. The third-order valence-electron chi connectivity index (χ3n) is 4.27. The summed E-state index contributed by atoms with van der Waals surface area (Å²) in [6.07, 6.45) is -7.12. The number of nitrogens with one attached hydrogen (secondary N) is 1. The van der Waals surface area contributed by atoms with E-state index in [1.165, 1.54) is 0 Å². The Kier molecular flexibility index (Phi) is 6.47. The third kappa shape index (κ3) is 4.98. The average Bonchev–Trinajstić information content (AvgIpc) is 3.24. The van der Waals surface area contributed by atoms with Crippen LogP contribution in [0.1, 0.15) is 42.0 Å². The first-order chi connectivity index (χ1) is 15.3. The molecule has 0 aliphatic rings. The Bertz CT molecular complexity index is 1160. The van der Waals surface area contributed by atoms with Crippen LogP contribution in [0.4, 0.5) is 40.8 Å². The van der Waals surface area contributed by atoms with Crippen molar-refractivity contribution in [3.63, 3.8) is 0 Å². The second-order valence-electron chi connectivity index (χ2n) is 7.33. The number of nitrogens with zero attached hydrogens (tertiary/aromatic N) is 4. The molecule has 2 aromatic heterocycles. The molecule has 1 N–H and O–H groups in total. The summed E-state index contributed by atoms with van der Waals surface area (Å²) in [7, 11) is 0. The van der Waals surface area contributed by atoms with Gasteiger partial charge in [-0.1, -0.05) is 13.8 Å². The van der Waals surface area contributed by atoms with Crippen LogP contribution in [0.5, 0.6) is 0 Å². The van der Waals surface area contributed by atoms with Crippen molar-refractivity contribution in [2.75, 3.05) is 5.32 Å². The number of halogens is 8. The van der Waals surface area contributed by atoms with Gasteiger partial charge in [-0.2, -0.15) is 23.4 Å². The Hall–Kier alpha value is -3.45. The maximum Gasteiger partial charge on any atom is 0.435 e. The number of carbonyl (C=O) groups is 1. The lowest BCUT2D eigenvalue weighted by Gasteiger charge is -2.14. The molecule has 0 unspecified atom stereocenters. The van der Waals surface area contributed by atoms with Crippen LogP contribution in [0.25, 0.3) is 5.69 Å². The van der Waals surface area contributed by atoms with Crippen molar-refractivity contribution in [2.45, 2.75) is 33.0 Å². The SMILES string of the molecule is CC(C)Cn1cc(C(=O)Nc2cnn(-c3c(F)cc(F)cc3F)c2C(F)(F)F)c(C(F)F)n1. The average molecular weight is 481 g/mol. The monoisotopic (exact) mass is 481 g/mol. The lowest BCUT2D eigenvalue weighted by atomic mass is 10.2. The van der Waals surface area contributed by atoms with E-state index in [0.29, 0.717) is 6.20 Å². The number of anilines is 1. The fourth-order valence-electron chi connectivity index (χ4n) is 3.05. The van der Waals surface area contributed by atoms with Gasteiger partial charge >= 0.3 is 6.18 Å². The van der Waals surface area contributed by atoms with Crippen LogP contribution in [-0.4, -0.2) is 25.5 Å². The summed E-state index contributed by atoms with van der Waals surface area (Å²) in [4.78, 5) is 12.5. The first-order valence-corrected chi connectivity index (χ1v) is 9.26. The number of hydrogen-bond donors (Lipinski definition) is 1. The van der Waals surface area contributed by atoms with E-state index >= 15 is 0 Å². The minimum absolute atomic E-state index is 0.0399. The first kappa shape index (κ1) is 24.2. The Labute approximate surface area is 180 Å². The molecule has 0 aliphatic heterocycles. The molecule has 3 aromatic rings. The summed E-state index contributed by atoms with van der Waals surface area (Å²) in [5, 5.41) is 8.65. The third-order valence-corrected chi connectivity index (χ3v) is 4.27. The number of benzene rings is 1. The van der Waals surface area contributed by atoms with Crippen molar-refractivity contribution >= 4 is 11.6 Å². The van der Waals surface area contributed by atoms with Crippen molar-refractivity contribution in [1.82, 2.24) is 19.6 Å². The van der Waals surface area contributed by atoms with Crippen molar-refractivity contribution in [2.24, 2.45) is 5.92 Å². The predicted octanol–water partition coefficient (Wildman–Crippen LogP) is 5.35.